The number of likely N-dealkylation sites (tertiary alicyclic amines) is 1. The molecule has 1 aromatic heterocycles. The second-order valence-corrected chi connectivity index (χ2v) is 11.9. The van der Waals surface area contributed by atoms with Gasteiger partial charge in [0.25, 0.3) is 0 Å². The van der Waals surface area contributed by atoms with Crippen molar-refractivity contribution in [1.82, 2.24) is 19.6 Å². The Balaban J connectivity index is 1.39. The highest BCUT2D eigenvalue weighted by atomic mass is 32.2. The number of sulfone groups is 1. The van der Waals surface area contributed by atoms with Crippen LogP contribution in [-0.2, 0) is 21.2 Å². The van der Waals surface area contributed by atoms with Crippen LogP contribution in [0, 0.1) is 6.92 Å². The predicted molar refractivity (Wildman–Crippen MR) is 135 cm³/mol. The van der Waals surface area contributed by atoms with Gasteiger partial charge >= 0.3 is 0 Å². The number of benzene rings is 1. The lowest BCUT2D eigenvalue weighted by Gasteiger charge is -2.39. The summed E-state index contributed by atoms with van der Waals surface area (Å²) >= 11 is 0. The summed E-state index contributed by atoms with van der Waals surface area (Å²) in [6, 6.07) is 12.5. The molecule has 2 saturated heterocycles. The smallest absolute Gasteiger partial charge is 0.239 e. The number of carbonyl (C=O) groups is 1. The Kier molecular flexibility index (Phi) is 8.06. The largest absolute Gasteiger partial charge is 0.310 e. The first-order valence-corrected chi connectivity index (χ1v) is 14.2. The average molecular weight is 488 g/mol. The molecule has 0 bridgehead atoms. The predicted octanol–water partition coefficient (Wildman–Crippen LogP) is 2.87. The standard InChI is InChI=1S/C25H37N5O3S/c1-3-12-29(22-10-7-13-28(17-22)16-21-8-5-4-6-9-21)18-25(31)26-24-15-20(2)27-30(24)23-11-14-34(32,33)19-23/h4-6,8-9,15,22-23H,3,7,10-14,16-19H2,1-2H3,(H,26,31). The van der Waals surface area contributed by atoms with Crippen molar-refractivity contribution < 1.29 is 13.2 Å². The first-order valence-electron chi connectivity index (χ1n) is 12.4. The van der Waals surface area contributed by atoms with Crippen LogP contribution in [0.15, 0.2) is 36.4 Å². The van der Waals surface area contributed by atoms with Gasteiger partial charge in [-0.3, -0.25) is 14.6 Å². The second-order valence-electron chi connectivity index (χ2n) is 9.71. The van der Waals surface area contributed by atoms with Gasteiger partial charge < -0.3 is 5.32 Å². The Bertz CT molecular complexity index is 1070. The van der Waals surface area contributed by atoms with Gasteiger partial charge in [-0.05, 0) is 51.3 Å². The van der Waals surface area contributed by atoms with E-state index in [1.807, 2.05) is 19.1 Å². The Morgan fingerprint density at radius 3 is 2.74 bits per heavy atom. The van der Waals surface area contributed by atoms with Crippen LogP contribution in [0.2, 0.25) is 0 Å². The van der Waals surface area contributed by atoms with E-state index in [4.69, 9.17) is 0 Å². The van der Waals surface area contributed by atoms with E-state index in [0.717, 1.165) is 51.1 Å². The van der Waals surface area contributed by atoms with Crippen molar-refractivity contribution in [2.45, 2.75) is 58.2 Å². The fourth-order valence-corrected chi connectivity index (χ4v) is 6.91. The van der Waals surface area contributed by atoms with Crippen molar-refractivity contribution in [2.24, 2.45) is 0 Å². The molecule has 9 heteroatoms. The summed E-state index contributed by atoms with van der Waals surface area (Å²) in [5.41, 5.74) is 2.09. The summed E-state index contributed by atoms with van der Waals surface area (Å²) in [6.45, 7) is 8.18. The maximum atomic E-state index is 13.1. The third kappa shape index (κ3) is 6.46. The number of piperidine rings is 1. The lowest BCUT2D eigenvalue weighted by atomic mass is 10.0. The van der Waals surface area contributed by atoms with E-state index < -0.39 is 9.84 Å². The SMILES string of the molecule is CCCN(CC(=O)Nc1cc(C)nn1C1CCS(=O)(=O)C1)C1CCCN(Cc2ccccc2)C1. The van der Waals surface area contributed by atoms with Gasteiger partial charge in [-0.2, -0.15) is 5.10 Å². The van der Waals surface area contributed by atoms with E-state index in [1.165, 1.54) is 5.56 Å². The van der Waals surface area contributed by atoms with Gasteiger partial charge in [0.05, 0.1) is 29.8 Å². The molecule has 2 aliphatic rings. The minimum Gasteiger partial charge on any atom is -0.310 e. The molecule has 2 aromatic rings. The number of rotatable bonds is 9. The third-order valence-electron chi connectivity index (χ3n) is 6.78. The van der Waals surface area contributed by atoms with Crippen molar-refractivity contribution in [3.05, 3.63) is 47.7 Å². The molecule has 186 valence electrons. The molecule has 2 aliphatic heterocycles. The summed E-state index contributed by atoms with van der Waals surface area (Å²) < 4.78 is 25.6. The van der Waals surface area contributed by atoms with Gasteiger partial charge in [0, 0.05) is 25.2 Å². The van der Waals surface area contributed by atoms with Crippen LogP contribution >= 0.6 is 0 Å². The van der Waals surface area contributed by atoms with Gasteiger partial charge in [-0.15, -0.1) is 0 Å². The van der Waals surface area contributed by atoms with E-state index in [0.29, 0.717) is 24.8 Å². The Hall–Kier alpha value is -2.23. The zero-order chi connectivity index (χ0) is 24.1. The molecule has 34 heavy (non-hydrogen) atoms. The normalized spacial score (nSPS) is 22.8. The molecule has 2 fully saturated rings. The van der Waals surface area contributed by atoms with Crippen molar-refractivity contribution >= 4 is 21.6 Å². The molecule has 0 saturated carbocycles. The fraction of sp³-hybridized carbons (Fsp3) is 0.600. The van der Waals surface area contributed by atoms with E-state index in [1.54, 1.807) is 4.68 Å². The molecule has 0 spiro atoms. The molecular weight excluding hydrogens is 450 g/mol. The lowest BCUT2D eigenvalue weighted by Crippen LogP contribution is -2.50. The monoisotopic (exact) mass is 487 g/mol. The Labute approximate surface area is 203 Å². The first-order chi connectivity index (χ1) is 16.3. The number of aryl methyl sites for hydroxylation is 1. The maximum Gasteiger partial charge on any atom is 0.239 e. The van der Waals surface area contributed by atoms with Crippen LogP contribution < -0.4 is 5.32 Å². The Morgan fingerprint density at radius 2 is 2.03 bits per heavy atom. The van der Waals surface area contributed by atoms with E-state index >= 15 is 0 Å². The minimum absolute atomic E-state index is 0.0735. The highest BCUT2D eigenvalue weighted by molar-refractivity contribution is 7.91. The Morgan fingerprint density at radius 1 is 1.24 bits per heavy atom. The highest BCUT2D eigenvalue weighted by Gasteiger charge is 2.32. The van der Waals surface area contributed by atoms with Crippen molar-refractivity contribution in [2.75, 3.05) is 43.0 Å². The lowest BCUT2D eigenvalue weighted by molar-refractivity contribution is -0.118. The number of nitrogens with zero attached hydrogens (tertiary/aromatic N) is 4. The number of carbonyl (C=O) groups excluding carboxylic acids is 1. The maximum absolute atomic E-state index is 13.1. The van der Waals surface area contributed by atoms with Gasteiger partial charge in [0.2, 0.25) is 5.91 Å². The summed E-state index contributed by atoms with van der Waals surface area (Å²) in [4.78, 5) is 17.9. The average Bonchev–Trinajstić information content (AvgIpc) is 3.35. The number of nitrogens with one attached hydrogen (secondary N) is 1. The van der Waals surface area contributed by atoms with Gasteiger partial charge in [0.1, 0.15) is 5.82 Å². The zero-order valence-electron chi connectivity index (χ0n) is 20.3. The van der Waals surface area contributed by atoms with Crippen molar-refractivity contribution in [3.8, 4) is 0 Å². The molecule has 4 rings (SSSR count). The molecule has 2 atom stereocenters. The van der Waals surface area contributed by atoms with Crippen LogP contribution in [-0.4, -0.2) is 77.6 Å². The summed E-state index contributed by atoms with van der Waals surface area (Å²) in [7, 11) is -3.03. The van der Waals surface area contributed by atoms with Gasteiger partial charge in [-0.25, -0.2) is 13.1 Å². The van der Waals surface area contributed by atoms with Crippen LogP contribution in [0.1, 0.15) is 49.9 Å². The minimum atomic E-state index is -3.03. The van der Waals surface area contributed by atoms with E-state index in [2.05, 4.69) is 51.4 Å². The number of anilines is 1. The molecule has 2 unspecified atom stereocenters. The summed E-state index contributed by atoms with van der Waals surface area (Å²) in [5, 5.41) is 7.51. The number of hydrogen-bond acceptors (Lipinski definition) is 6. The van der Waals surface area contributed by atoms with Crippen LogP contribution in [0.3, 0.4) is 0 Å². The summed E-state index contributed by atoms with van der Waals surface area (Å²) in [6.07, 6.45) is 3.74. The van der Waals surface area contributed by atoms with Crippen molar-refractivity contribution in [1.29, 1.82) is 0 Å². The van der Waals surface area contributed by atoms with Crippen LogP contribution in [0.25, 0.3) is 0 Å². The number of amides is 1. The topological polar surface area (TPSA) is 87.5 Å². The van der Waals surface area contributed by atoms with Gasteiger partial charge in [-0.1, -0.05) is 37.3 Å². The molecular formula is C25H37N5O3S. The van der Waals surface area contributed by atoms with Gasteiger partial charge in [0.15, 0.2) is 9.84 Å². The molecule has 1 N–H and O–H groups in total. The first kappa shape index (κ1) is 24.9. The molecule has 8 nitrogen and oxygen atoms in total. The molecule has 0 radical (unpaired) electrons. The van der Waals surface area contributed by atoms with E-state index in [9.17, 15) is 13.2 Å². The zero-order valence-corrected chi connectivity index (χ0v) is 21.1. The van der Waals surface area contributed by atoms with Crippen LogP contribution in [0.4, 0.5) is 5.82 Å². The molecule has 0 aliphatic carbocycles. The molecule has 3 heterocycles. The van der Waals surface area contributed by atoms with Crippen LogP contribution in [0.5, 0.6) is 0 Å². The van der Waals surface area contributed by atoms with Crippen molar-refractivity contribution in [3.63, 3.8) is 0 Å². The highest BCUT2D eigenvalue weighted by Crippen LogP contribution is 2.27. The second kappa shape index (κ2) is 11.0. The number of hydrogen-bond donors (Lipinski definition) is 1. The third-order valence-corrected chi connectivity index (χ3v) is 8.53. The molecule has 1 aromatic carbocycles. The van der Waals surface area contributed by atoms with E-state index in [-0.39, 0.29) is 23.5 Å². The quantitative estimate of drug-likeness (QED) is 0.585. The number of aromatic nitrogens is 2. The molecule has 1 amide bonds. The fourth-order valence-electron chi connectivity index (χ4n) is 5.22. The summed E-state index contributed by atoms with van der Waals surface area (Å²) in [5.74, 6) is 0.777.